The van der Waals surface area contributed by atoms with Crippen LogP contribution >= 0.6 is 0 Å². The number of fused-ring (bicyclic) bond motifs is 4. The first-order chi connectivity index (χ1) is 29.8. The molecule has 2 aromatic carbocycles. The summed E-state index contributed by atoms with van der Waals surface area (Å²) in [4.78, 5) is 34.7. The van der Waals surface area contributed by atoms with Crippen molar-refractivity contribution in [3.63, 3.8) is 0 Å². The second-order valence-corrected chi connectivity index (χ2v) is 17.9. The first kappa shape index (κ1) is 41.1. The number of hydrogen-bond acceptors (Lipinski definition) is 12. The molecule has 324 valence electrons. The van der Waals surface area contributed by atoms with E-state index >= 15 is 0 Å². The van der Waals surface area contributed by atoms with Gasteiger partial charge in [-0.3, -0.25) is 9.59 Å². The molecule has 62 heavy (non-hydrogen) atoms. The molecule has 0 bridgehead atoms. The Morgan fingerprint density at radius 1 is 0.645 bits per heavy atom. The number of anilines is 2. The summed E-state index contributed by atoms with van der Waals surface area (Å²) in [5, 5.41) is 34.0. The Labute approximate surface area is 358 Å². The number of aliphatic hydroxyl groups excluding tert-OH is 2. The van der Waals surface area contributed by atoms with Gasteiger partial charge in [-0.05, 0) is 103 Å². The number of hydrogen-bond donors (Lipinski definition) is 4. The first-order valence-electron chi connectivity index (χ1n) is 21.4. The van der Waals surface area contributed by atoms with Gasteiger partial charge in [-0.15, -0.1) is 0 Å². The van der Waals surface area contributed by atoms with Gasteiger partial charge in [-0.1, -0.05) is 0 Å². The van der Waals surface area contributed by atoms with Gasteiger partial charge < -0.3 is 39.8 Å². The minimum atomic E-state index is -0.302. The van der Waals surface area contributed by atoms with Crippen molar-refractivity contribution in [2.45, 2.75) is 128 Å². The average molecular weight is 845 g/mol. The molecule has 0 radical (unpaired) electrons. The number of carbonyl (C=O) groups is 2. The standard InChI is InChI=1S/2C23H26N4O4/c2*1-23(2)12-14-10-18(26-22(29)17-13-25-27-9-3-8-24-21(17)27)20(11-19(14)31-23)30-16-6-4-15(28)5-7-16/h2*3,8-11,13,15-16,28H,4-7,12H2,1-2H3,(H,26,29). The summed E-state index contributed by atoms with van der Waals surface area (Å²) in [5.74, 6) is 2.13. The molecule has 4 N–H and O–H groups in total. The van der Waals surface area contributed by atoms with E-state index in [9.17, 15) is 19.8 Å². The fourth-order valence-corrected chi connectivity index (χ4v) is 8.69. The van der Waals surface area contributed by atoms with Crippen molar-refractivity contribution in [3.8, 4) is 23.0 Å². The van der Waals surface area contributed by atoms with E-state index in [4.69, 9.17) is 18.9 Å². The summed E-state index contributed by atoms with van der Waals surface area (Å²) in [6.45, 7) is 8.16. The molecule has 16 heteroatoms. The highest BCUT2D eigenvalue weighted by molar-refractivity contribution is 6.09. The topological polar surface area (TPSA) is 196 Å². The Hall–Kier alpha value is -6.26. The molecule has 2 fully saturated rings. The molecule has 10 rings (SSSR count). The van der Waals surface area contributed by atoms with Crippen molar-refractivity contribution < 1.29 is 38.7 Å². The van der Waals surface area contributed by atoms with Gasteiger partial charge in [0.2, 0.25) is 0 Å². The van der Waals surface area contributed by atoms with Gasteiger partial charge in [0.25, 0.3) is 11.8 Å². The molecule has 2 aliphatic heterocycles. The Balaban J connectivity index is 0.000000158. The van der Waals surface area contributed by atoms with Gasteiger partial charge >= 0.3 is 0 Å². The van der Waals surface area contributed by atoms with Crippen LogP contribution in [0.3, 0.4) is 0 Å². The number of rotatable bonds is 8. The van der Waals surface area contributed by atoms with Crippen LogP contribution in [-0.2, 0) is 12.8 Å². The Morgan fingerprint density at radius 3 is 1.45 bits per heavy atom. The van der Waals surface area contributed by atoms with Crippen molar-refractivity contribution >= 4 is 34.5 Å². The lowest BCUT2D eigenvalue weighted by Crippen LogP contribution is -2.27. The molecule has 2 saturated carbocycles. The summed E-state index contributed by atoms with van der Waals surface area (Å²) < 4.78 is 27.9. The van der Waals surface area contributed by atoms with Crippen molar-refractivity contribution in [2.75, 3.05) is 10.6 Å². The van der Waals surface area contributed by atoms with Crippen LogP contribution < -0.4 is 29.6 Å². The number of ether oxygens (including phenoxy) is 4. The predicted octanol–water partition coefficient (Wildman–Crippen LogP) is 6.75. The van der Waals surface area contributed by atoms with E-state index in [0.29, 0.717) is 45.3 Å². The number of nitrogens with zero attached hydrogens (tertiary/aromatic N) is 6. The minimum Gasteiger partial charge on any atom is -0.488 e. The largest absolute Gasteiger partial charge is 0.488 e. The number of amides is 2. The number of benzene rings is 2. The molecule has 6 aromatic rings. The van der Waals surface area contributed by atoms with Gasteiger partial charge in [0.05, 0.1) is 48.2 Å². The average Bonchev–Trinajstić information content (AvgIpc) is 4.01. The van der Waals surface area contributed by atoms with Crippen molar-refractivity contribution in [1.82, 2.24) is 29.2 Å². The summed E-state index contributed by atoms with van der Waals surface area (Å²) >= 11 is 0. The predicted molar refractivity (Wildman–Crippen MR) is 229 cm³/mol. The SMILES string of the molecule is CC1(C)Cc2cc(NC(=O)c3cnn4cccnc34)c(OC3CCC(O)CC3)cc2O1.CC1(C)Cc2cc(NC(=O)c3cnn4cccnc34)c(OC3CCC(O)CC3)cc2O1. The molecule has 2 aliphatic carbocycles. The molecule has 4 aromatic heterocycles. The fourth-order valence-electron chi connectivity index (χ4n) is 8.69. The molecule has 6 heterocycles. The zero-order valence-corrected chi connectivity index (χ0v) is 35.3. The second kappa shape index (κ2) is 16.5. The Bertz CT molecular complexity index is 2440. The number of nitrogens with one attached hydrogen (secondary N) is 2. The zero-order chi connectivity index (χ0) is 43.2. The molecule has 0 atom stereocenters. The van der Waals surface area contributed by atoms with Gasteiger partial charge in [0.1, 0.15) is 45.3 Å². The van der Waals surface area contributed by atoms with Gasteiger partial charge in [0, 0.05) is 60.9 Å². The number of aromatic nitrogens is 6. The van der Waals surface area contributed by atoms with E-state index in [1.807, 2.05) is 52.0 Å². The molecule has 0 spiro atoms. The van der Waals surface area contributed by atoms with E-state index < -0.39 is 0 Å². The molecular formula is C46H52N8O8. The fraction of sp³-hybridized carbons (Fsp3) is 0.435. The molecule has 4 aliphatic rings. The molecule has 0 saturated heterocycles. The third kappa shape index (κ3) is 8.88. The van der Waals surface area contributed by atoms with Gasteiger partial charge in [-0.2, -0.15) is 10.2 Å². The first-order valence-corrected chi connectivity index (χ1v) is 21.4. The van der Waals surface area contributed by atoms with Gasteiger partial charge in [-0.25, -0.2) is 19.0 Å². The number of carbonyl (C=O) groups excluding carboxylic acids is 2. The normalized spacial score (nSPS) is 22.0. The quantitative estimate of drug-likeness (QED) is 0.126. The highest BCUT2D eigenvalue weighted by Gasteiger charge is 2.34. The highest BCUT2D eigenvalue weighted by atomic mass is 16.5. The molecular weight excluding hydrogens is 793 g/mol. The zero-order valence-electron chi connectivity index (χ0n) is 35.3. The van der Waals surface area contributed by atoms with Crippen LogP contribution in [0, 0.1) is 0 Å². The van der Waals surface area contributed by atoms with E-state index in [1.165, 1.54) is 12.4 Å². The summed E-state index contributed by atoms with van der Waals surface area (Å²) in [6, 6.07) is 11.1. The Morgan fingerprint density at radius 2 is 1.05 bits per heavy atom. The minimum absolute atomic E-state index is 0.00911. The smallest absolute Gasteiger partial charge is 0.261 e. The van der Waals surface area contributed by atoms with Crippen LogP contribution in [0.25, 0.3) is 11.3 Å². The third-order valence-corrected chi connectivity index (χ3v) is 11.7. The lowest BCUT2D eigenvalue weighted by molar-refractivity contribution is 0.0665. The maximum absolute atomic E-state index is 13.1. The van der Waals surface area contributed by atoms with E-state index in [1.54, 1.807) is 46.0 Å². The van der Waals surface area contributed by atoms with E-state index in [2.05, 4.69) is 30.8 Å². The van der Waals surface area contributed by atoms with Crippen LogP contribution in [0.5, 0.6) is 23.0 Å². The van der Waals surface area contributed by atoms with Crippen LogP contribution in [-0.4, -0.2) is 86.8 Å². The van der Waals surface area contributed by atoms with Gasteiger partial charge in [0.15, 0.2) is 11.3 Å². The molecule has 2 amide bonds. The van der Waals surface area contributed by atoms with Crippen LogP contribution in [0.1, 0.15) is 111 Å². The van der Waals surface area contributed by atoms with Crippen LogP contribution in [0.2, 0.25) is 0 Å². The van der Waals surface area contributed by atoms with Crippen molar-refractivity contribution in [3.05, 3.63) is 95.8 Å². The monoisotopic (exact) mass is 844 g/mol. The Kier molecular flexibility index (Phi) is 11.0. The van der Waals surface area contributed by atoms with E-state index in [-0.39, 0.29) is 47.4 Å². The van der Waals surface area contributed by atoms with Crippen LogP contribution in [0.15, 0.2) is 73.6 Å². The third-order valence-electron chi connectivity index (χ3n) is 11.7. The lowest BCUT2D eigenvalue weighted by atomic mass is 9.95. The highest BCUT2D eigenvalue weighted by Crippen LogP contribution is 2.44. The van der Waals surface area contributed by atoms with Crippen LogP contribution in [0.4, 0.5) is 11.4 Å². The van der Waals surface area contributed by atoms with Crippen molar-refractivity contribution in [2.24, 2.45) is 0 Å². The molecule has 0 unspecified atom stereocenters. The molecule has 16 nitrogen and oxygen atoms in total. The summed E-state index contributed by atoms with van der Waals surface area (Å²) in [5.41, 5.74) is 4.44. The lowest BCUT2D eigenvalue weighted by Gasteiger charge is -2.27. The summed E-state index contributed by atoms with van der Waals surface area (Å²) in [6.07, 6.45) is 16.7. The number of aliphatic hydroxyl groups is 2. The maximum Gasteiger partial charge on any atom is 0.261 e. The second-order valence-electron chi connectivity index (χ2n) is 17.9. The maximum atomic E-state index is 13.1. The summed E-state index contributed by atoms with van der Waals surface area (Å²) in [7, 11) is 0. The van der Waals surface area contributed by atoms with Crippen molar-refractivity contribution in [1.29, 1.82) is 0 Å². The van der Waals surface area contributed by atoms with E-state index in [0.717, 1.165) is 86.8 Å².